The predicted octanol–water partition coefficient (Wildman–Crippen LogP) is 4.16. The molecule has 2 heterocycles. The van der Waals surface area contributed by atoms with Crippen LogP contribution in [0.4, 0.5) is 0 Å². The van der Waals surface area contributed by atoms with E-state index in [1.165, 1.54) is 0 Å². The number of nitrogens with zero attached hydrogens (tertiary/aromatic N) is 2. The van der Waals surface area contributed by atoms with Crippen LogP contribution in [-0.2, 0) is 20.9 Å². The summed E-state index contributed by atoms with van der Waals surface area (Å²) in [5.41, 5.74) is 2.02. The van der Waals surface area contributed by atoms with Crippen LogP contribution in [0.25, 0.3) is 10.9 Å². The maximum absolute atomic E-state index is 5.86. The maximum atomic E-state index is 5.86. The summed E-state index contributed by atoms with van der Waals surface area (Å²) in [6.45, 7) is 9.53. The van der Waals surface area contributed by atoms with Crippen LogP contribution in [0, 0.1) is 0 Å². The first-order valence-electron chi connectivity index (χ1n) is 7.90. The normalized spacial score (nSPS) is 16.5. The van der Waals surface area contributed by atoms with Crippen LogP contribution in [0.15, 0.2) is 22.8 Å². The first-order chi connectivity index (χ1) is 11.0. The molecule has 2 aromatic rings. The van der Waals surface area contributed by atoms with Crippen LogP contribution in [0.3, 0.4) is 0 Å². The molecule has 1 saturated heterocycles. The van der Waals surface area contributed by atoms with Gasteiger partial charge in [0.15, 0.2) is 6.29 Å². The van der Waals surface area contributed by atoms with Crippen molar-refractivity contribution in [2.24, 2.45) is 0 Å². The summed E-state index contributed by atoms with van der Waals surface area (Å²) < 4.78 is 20.1. The summed E-state index contributed by atoms with van der Waals surface area (Å²) in [7, 11) is -1.08. The second-order valence-corrected chi connectivity index (χ2v) is 13.4. The minimum atomic E-state index is -1.08. The summed E-state index contributed by atoms with van der Waals surface area (Å²) in [5, 5.41) is 5.54. The Kier molecular flexibility index (Phi) is 5.22. The van der Waals surface area contributed by atoms with E-state index in [0.29, 0.717) is 19.9 Å². The highest BCUT2D eigenvalue weighted by Crippen LogP contribution is 2.33. The van der Waals surface area contributed by atoms with Crippen molar-refractivity contribution in [2.75, 3.05) is 19.8 Å². The van der Waals surface area contributed by atoms with Crippen LogP contribution >= 0.6 is 15.9 Å². The van der Waals surface area contributed by atoms with E-state index in [-0.39, 0.29) is 6.29 Å². The van der Waals surface area contributed by atoms with Crippen LogP contribution in [-0.4, -0.2) is 37.7 Å². The highest BCUT2D eigenvalue weighted by molar-refractivity contribution is 9.10. The second kappa shape index (κ2) is 7.02. The van der Waals surface area contributed by atoms with E-state index in [2.05, 4.69) is 40.7 Å². The van der Waals surface area contributed by atoms with Crippen molar-refractivity contribution in [1.29, 1.82) is 0 Å². The standard InChI is InChI=1S/C16H23BrN2O3Si/c1-23(2,3)9-8-20-11-19-15-12(16-21-6-7-22-16)4-5-14(17)13(15)10-18-19/h4-5,10,16H,6-9,11H2,1-3H3. The fourth-order valence-electron chi connectivity index (χ4n) is 2.55. The van der Waals surface area contributed by atoms with Crippen LogP contribution in [0.5, 0.6) is 0 Å². The lowest BCUT2D eigenvalue weighted by Crippen LogP contribution is -2.22. The fourth-order valence-corrected chi connectivity index (χ4v) is 3.73. The quantitative estimate of drug-likeness (QED) is 0.541. The lowest BCUT2D eigenvalue weighted by Gasteiger charge is -2.16. The lowest BCUT2D eigenvalue weighted by molar-refractivity contribution is -0.0434. The molecule has 1 aliphatic rings. The molecule has 0 radical (unpaired) electrons. The topological polar surface area (TPSA) is 45.5 Å². The molecule has 5 nitrogen and oxygen atoms in total. The summed E-state index contributed by atoms with van der Waals surface area (Å²) in [6, 6.07) is 5.20. The molecule has 1 aliphatic heterocycles. The molecule has 0 aliphatic carbocycles. The van der Waals surface area contributed by atoms with E-state index in [9.17, 15) is 0 Å². The third-order valence-electron chi connectivity index (χ3n) is 3.87. The molecular formula is C16H23BrN2O3Si. The lowest BCUT2D eigenvalue weighted by atomic mass is 10.1. The van der Waals surface area contributed by atoms with Gasteiger partial charge in [0.2, 0.25) is 0 Å². The smallest absolute Gasteiger partial charge is 0.186 e. The first kappa shape index (κ1) is 17.1. The molecule has 0 unspecified atom stereocenters. The van der Waals surface area contributed by atoms with Gasteiger partial charge in [0.25, 0.3) is 0 Å². The van der Waals surface area contributed by atoms with Gasteiger partial charge in [-0.2, -0.15) is 5.10 Å². The van der Waals surface area contributed by atoms with Gasteiger partial charge in [-0.3, -0.25) is 0 Å². The molecule has 0 bridgehead atoms. The Balaban J connectivity index is 1.81. The van der Waals surface area contributed by atoms with Gasteiger partial charge in [0.1, 0.15) is 6.73 Å². The maximum Gasteiger partial charge on any atom is 0.186 e. The largest absolute Gasteiger partial charge is 0.360 e. The van der Waals surface area contributed by atoms with Crippen molar-refractivity contribution in [1.82, 2.24) is 9.78 Å². The Morgan fingerprint density at radius 2 is 2.04 bits per heavy atom. The van der Waals surface area contributed by atoms with E-state index in [4.69, 9.17) is 14.2 Å². The number of halogens is 1. The molecule has 7 heteroatoms. The number of hydrogen-bond donors (Lipinski definition) is 0. The monoisotopic (exact) mass is 398 g/mol. The molecule has 3 rings (SSSR count). The molecule has 0 atom stereocenters. The van der Waals surface area contributed by atoms with Gasteiger partial charge in [-0.15, -0.1) is 0 Å². The van der Waals surface area contributed by atoms with E-state index in [0.717, 1.165) is 33.6 Å². The molecule has 1 fully saturated rings. The predicted molar refractivity (Wildman–Crippen MR) is 96.2 cm³/mol. The van der Waals surface area contributed by atoms with Gasteiger partial charge in [-0.05, 0) is 12.1 Å². The molecule has 23 heavy (non-hydrogen) atoms. The first-order valence-corrected chi connectivity index (χ1v) is 12.4. The number of ether oxygens (including phenoxy) is 3. The summed E-state index contributed by atoms with van der Waals surface area (Å²) in [6.07, 6.45) is 1.54. The molecule has 1 aromatic carbocycles. The van der Waals surface area contributed by atoms with Crippen molar-refractivity contribution >= 4 is 34.9 Å². The Morgan fingerprint density at radius 3 is 2.74 bits per heavy atom. The number of fused-ring (bicyclic) bond motifs is 1. The molecule has 126 valence electrons. The fraction of sp³-hybridized carbons (Fsp3) is 0.562. The van der Waals surface area contributed by atoms with Gasteiger partial charge in [0.05, 0.1) is 24.9 Å². The zero-order valence-corrected chi connectivity index (χ0v) is 16.4. The average molecular weight is 399 g/mol. The van der Waals surface area contributed by atoms with Gasteiger partial charge in [0, 0.05) is 30.1 Å². The van der Waals surface area contributed by atoms with Crippen molar-refractivity contribution < 1.29 is 14.2 Å². The highest BCUT2D eigenvalue weighted by atomic mass is 79.9. The third kappa shape index (κ3) is 4.03. The SMILES string of the molecule is C[Si](C)(C)CCOCn1ncc2c(Br)ccc(C3OCCO3)c21. The van der Waals surface area contributed by atoms with Crippen molar-refractivity contribution in [3.8, 4) is 0 Å². The second-order valence-electron chi connectivity index (χ2n) is 6.96. The van der Waals surface area contributed by atoms with Crippen molar-refractivity contribution in [3.63, 3.8) is 0 Å². The van der Waals surface area contributed by atoms with Crippen molar-refractivity contribution in [2.45, 2.75) is 38.7 Å². The van der Waals surface area contributed by atoms with Gasteiger partial charge >= 0.3 is 0 Å². The molecule has 0 N–H and O–H groups in total. The molecule has 1 aromatic heterocycles. The van der Waals surface area contributed by atoms with E-state index >= 15 is 0 Å². The molecule has 0 spiro atoms. The average Bonchev–Trinajstić information content (AvgIpc) is 3.13. The summed E-state index contributed by atoms with van der Waals surface area (Å²) >= 11 is 3.59. The number of aromatic nitrogens is 2. The van der Waals surface area contributed by atoms with Gasteiger partial charge in [-0.25, -0.2) is 4.68 Å². The molecule has 0 saturated carbocycles. The minimum absolute atomic E-state index is 0.317. The zero-order valence-electron chi connectivity index (χ0n) is 13.8. The number of benzene rings is 1. The summed E-state index contributed by atoms with van der Waals surface area (Å²) in [5.74, 6) is 0. The van der Waals surface area contributed by atoms with Crippen LogP contribution in [0.1, 0.15) is 11.9 Å². The molecular weight excluding hydrogens is 376 g/mol. The Morgan fingerprint density at radius 1 is 1.30 bits per heavy atom. The third-order valence-corrected chi connectivity index (χ3v) is 6.26. The van der Waals surface area contributed by atoms with Crippen LogP contribution < -0.4 is 0 Å². The van der Waals surface area contributed by atoms with Crippen molar-refractivity contribution in [3.05, 3.63) is 28.4 Å². The highest BCUT2D eigenvalue weighted by Gasteiger charge is 2.23. The van der Waals surface area contributed by atoms with Gasteiger partial charge in [-0.1, -0.05) is 41.6 Å². The van der Waals surface area contributed by atoms with Crippen LogP contribution in [0.2, 0.25) is 25.7 Å². The zero-order chi connectivity index (χ0) is 16.4. The Hall–Kier alpha value is -0.733. The van der Waals surface area contributed by atoms with Gasteiger partial charge < -0.3 is 14.2 Å². The Bertz CT molecular complexity index is 678. The van der Waals surface area contributed by atoms with E-state index in [1.807, 2.05) is 23.0 Å². The number of rotatable bonds is 6. The Labute approximate surface area is 146 Å². The minimum Gasteiger partial charge on any atom is -0.360 e. The summed E-state index contributed by atoms with van der Waals surface area (Å²) in [4.78, 5) is 0. The van der Waals surface area contributed by atoms with E-state index in [1.54, 1.807) is 0 Å². The molecule has 0 amide bonds. The van der Waals surface area contributed by atoms with E-state index < -0.39 is 8.07 Å². The number of hydrogen-bond acceptors (Lipinski definition) is 4.